The molecule has 0 aromatic heterocycles. The molecule has 4 nitrogen and oxygen atoms in total. The van der Waals surface area contributed by atoms with Crippen molar-refractivity contribution in [1.82, 2.24) is 5.32 Å². The third-order valence-corrected chi connectivity index (χ3v) is 3.96. The van der Waals surface area contributed by atoms with Gasteiger partial charge in [-0.05, 0) is 56.0 Å². The molecule has 2 amide bonds. The minimum Gasteiger partial charge on any atom is -0.322 e. The smallest absolute Gasteiger partial charge is 0.272 e. The number of hydrogen-bond acceptors (Lipinski definition) is 2. The lowest BCUT2D eigenvalue weighted by Gasteiger charge is -2.15. The largest absolute Gasteiger partial charge is 0.322 e. The van der Waals surface area contributed by atoms with Gasteiger partial charge >= 0.3 is 0 Å². The minimum atomic E-state index is -0.339. The van der Waals surface area contributed by atoms with Gasteiger partial charge < -0.3 is 10.6 Å². The average Bonchev–Trinajstić information content (AvgIpc) is 2.51. The van der Waals surface area contributed by atoms with Crippen molar-refractivity contribution < 1.29 is 9.59 Å². The molecule has 2 aromatic rings. The highest BCUT2D eigenvalue weighted by atomic mass is 16.2. The highest BCUT2D eigenvalue weighted by Gasteiger charge is 2.14. The Morgan fingerprint density at radius 2 is 1.52 bits per heavy atom. The van der Waals surface area contributed by atoms with Gasteiger partial charge in [0.25, 0.3) is 5.91 Å². The second-order valence-corrected chi connectivity index (χ2v) is 6.32. The lowest BCUT2D eigenvalue weighted by atomic mass is 10.0. The molecule has 0 unspecified atom stereocenters. The molecule has 0 aliphatic rings. The van der Waals surface area contributed by atoms with Gasteiger partial charge in [-0.2, -0.15) is 0 Å². The molecule has 0 radical (unpaired) electrons. The zero-order valence-corrected chi connectivity index (χ0v) is 15.4. The summed E-state index contributed by atoms with van der Waals surface area (Å²) in [5.41, 5.74) is 6.04. The molecule has 0 fully saturated rings. The first-order valence-electron chi connectivity index (χ1n) is 8.22. The van der Waals surface area contributed by atoms with Crippen molar-refractivity contribution in [2.75, 3.05) is 5.32 Å². The van der Waals surface area contributed by atoms with E-state index < -0.39 is 0 Å². The van der Waals surface area contributed by atoms with Crippen LogP contribution in [-0.2, 0) is 9.59 Å². The number of carbonyl (C=O) groups is 2. The van der Waals surface area contributed by atoms with E-state index in [0.29, 0.717) is 0 Å². The molecule has 2 N–H and O–H groups in total. The van der Waals surface area contributed by atoms with Gasteiger partial charge in [0.15, 0.2) is 0 Å². The second kappa shape index (κ2) is 7.79. The Morgan fingerprint density at radius 1 is 0.920 bits per heavy atom. The van der Waals surface area contributed by atoms with E-state index in [0.717, 1.165) is 33.5 Å². The van der Waals surface area contributed by atoms with Crippen LogP contribution in [0.1, 0.15) is 34.7 Å². The number of hydrogen-bond donors (Lipinski definition) is 2. The summed E-state index contributed by atoms with van der Waals surface area (Å²) in [6.45, 7) is 9.29. The Hall–Kier alpha value is -2.88. The van der Waals surface area contributed by atoms with E-state index in [2.05, 4.69) is 10.6 Å². The molecule has 0 aliphatic heterocycles. The topological polar surface area (TPSA) is 58.2 Å². The molecule has 0 aliphatic carbocycles. The van der Waals surface area contributed by atoms with E-state index in [4.69, 9.17) is 0 Å². The molecule has 4 heteroatoms. The summed E-state index contributed by atoms with van der Waals surface area (Å²) in [5.74, 6) is -0.624. The summed E-state index contributed by atoms with van der Waals surface area (Å²) in [6, 6.07) is 11.7. The Bertz CT molecular complexity index is 828. The Kier molecular flexibility index (Phi) is 5.75. The van der Waals surface area contributed by atoms with E-state index >= 15 is 0 Å². The van der Waals surface area contributed by atoms with Gasteiger partial charge in [-0.3, -0.25) is 9.59 Å². The molecule has 0 heterocycles. The Labute approximate surface area is 149 Å². The van der Waals surface area contributed by atoms with Crippen molar-refractivity contribution >= 4 is 23.6 Å². The quantitative estimate of drug-likeness (QED) is 0.828. The molecular weight excluding hydrogens is 312 g/mol. The van der Waals surface area contributed by atoms with E-state index in [1.165, 1.54) is 6.92 Å². The molecule has 2 rings (SSSR count). The molecule has 0 saturated heterocycles. The first-order valence-corrected chi connectivity index (χ1v) is 8.22. The number of anilines is 1. The molecule has 0 spiro atoms. The summed E-state index contributed by atoms with van der Waals surface area (Å²) >= 11 is 0. The zero-order valence-electron chi connectivity index (χ0n) is 15.4. The summed E-state index contributed by atoms with van der Waals surface area (Å²) in [7, 11) is 0. The molecule has 130 valence electrons. The fourth-order valence-electron chi connectivity index (χ4n) is 2.81. The van der Waals surface area contributed by atoms with Gasteiger partial charge in [0.05, 0.1) is 0 Å². The van der Waals surface area contributed by atoms with Crippen molar-refractivity contribution in [3.05, 3.63) is 69.9 Å². The third kappa shape index (κ3) is 4.80. The third-order valence-electron chi connectivity index (χ3n) is 3.96. The Balaban J connectivity index is 2.37. The van der Waals surface area contributed by atoms with Gasteiger partial charge in [0.2, 0.25) is 5.91 Å². The predicted octanol–water partition coefficient (Wildman–Crippen LogP) is 4.04. The lowest BCUT2D eigenvalue weighted by Crippen LogP contribution is -2.29. The number of amides is 2. The SMILES string of the molecule is CC(=O)NC(=Cc1ccccc1C)C(=O)Nc1c(C)cc(C)cc1C. The number of rotatable bonds is 4. The van der Waals surface area contributed by atoms with Crippen LogP contribution in [0.25, 0.3) is 6.08 Å². The summed E-state index contributed by atoms with van der Waals surface area (Å²) in [5, 5.41) is 5.56. The second-order valence-electron chi connectivity index (χ2n) is 6.32. The standard InChI is InChI=1S/C21H24N2O2/c1-13-10-15(3)20(16(4)11-13)23-21(25)19(22-17(5)24)12-18-9-7-6-8-14(18)2/h6-12H,1-5H3,(H,22,24)(H,23,25). The van der Waals surface area contributed by atoms with Gasteiger partial charge in [0.1, 0.15) is 5.70 Å². The minimum absolute atomic E-state index is 0.223. The van der Waals surface area contributed by atoms with Crippen molar-refractivity contribution in [2.45, 2.75) is 34.6 Å². The number of benzene rings is 2. The van der Waals surface area contributed by atoms with Crippen LogP contribution in [-0.4, -0.2) is 11.8 Å². The van der Waals surface area contributed by atoms with Crippen LogP contribution in [0, 0.1) is 27.7 Å². The van der Waals surface area contributed by atoms with Crippen LogP contribution in [0.3, 0.4) is 0 Å². The van der Waals surface area contributed by atoms with Crippen LogP contribution in [0.15, 0.2) is 42.1 Å². The normalized spacial score (nSPS) is 11.2. The first kappa shape index (κ1) is 18.5. The molecule has 0 atom stereocenters. The first-order chi connectivity index (χ1) is 11.8. The lowest BCUT2D eigenvalue weighted by molar-refractivity contribution is -0.120. The zero-order chi connectivity index (χ0) is 18.6. The monoisotopic (exact) mass is 336 g/mol. The fourth-order valence-corrected chi connectivity index (χ4v) is 2.81. The predicted molar refractivity (Wildman–Crippen MR) is 102 cm³/mol. The molecule has 0 saturated carbocycles. The van der Waals surface area contributed by atoms with E-state index in [1.807, 2.05) is 64.1 Å². The maximum atomic E-state index is 12.8. The van der Waals surface area contributed by atoms with Crippen LogP contribution >= 0.6 is 0 Å². The van der Waals surface area contributed by atoms with E-state index in [1.54, 1.807) is 6.08 Å². The summed E-state index contributed by atoms with van der Waals surface area (Å²) < 4.78 is 0. The van der Waals surface area contributed by atoms with Crippen molar-refractivity contribution in [3.8, 4) is 0 Å². The maximum absolute atomic E-state index is 12.8. The van der Waals surface area contributed by atoms with Crippen LogP contribution < -0.4 is 10.6 Å². The maximum Gasteiger partial charge on any atom is 0.272 e. The summed E-state index contributed by atoms with van der Waals surface area (Å²) in [6.07, 6.45) is 1.70. The van der Waals surface area contributed by atoms with Crippen molar-refractivity contribution in [2.24, 2.45) is 0 Å². The van der Waals surface area contributed by atoms with Gasteiger partial charge in [-0.1, -0.05) is 42.0 Å². The van der Waals surface area contributed by atoms with Gasteiger partial charge in [0, 0.05) is 12.6 Å². The van der Waals surface area contributed by atoms with Gasteiger partial charge in [-0.25, -0.2) is 0 Å². The van der Waals surface area contributed by atoms with Gasteiger partial charge in [-0.15, -0.1) is 0 Å². The van der Waals surface area contributed by atoms with Crippen LogP contribution in [0.2, 0.25) is 0 Å². The Morgan fingerprint density at radius 3 is 2.08 bits per heavy atom. The highest BCUT2D eigenvalue weighted by Crippen LogP contribution is 2.22. The van der Waals surface area contributed by atoms with E-state index in [9.17, 15) is 9.59 Å². The number of aryl methyl sites for hydroxylation is 4. The molecule has 0 bridgehead atoms. The van der Waals surface area contributed by atoms with Crippen LogP contribution in [0.4, 0.5) is 5.69 Å². The summed E-state index contributed by atoms with van der Waals surface area (Å²) in [4.78, 5) is 24.3. The van der Waals surface area contributed by atoms with E-state index in [-0.39, 0.29) is 17.5 Å². The molecular formula is C21H24N2O2. The average molecular weight is 336 g/mol. The highest BCUT2D eigenvalue weighted by molar-refractivity contribution is 6.09. The molecule has 25 heavy (non-hydrogen) atoms. The number of nitrogens with one attached hydrogen (secondary N) is 2. The van der Waals surface area contributed by atoms with Crippen molar-refractivity contribution in [1.29, 1.82) is 0 Å². The fraction of sp³-hybridized carbons (Fsp3) is 0.238. The van der Waals surface area contributed by atoms with Crippen molar-refractivity contribution in [3.63, 3.8) is 0 Å². The molecule has 2 aromatic carbocycles. The number of carbonyl (C=O) groups excluding carboxylic acids is 2. The van der Waals surface area contributed by atoms with Crippen LogP contribution in [0.5, 0.6) is 0 Å².